The fourth-order valence-corrected chi connectivity index (χ4v) is 1.70. The van der Waals surface area contributed by atoms with Gasteiger partial charge in [0, 0.05) is 6.54 Å². The minimum absolute atomic E-state index is 0.0588. The van der Waals surface area contributed by atoms with E-state index in [0.29, 0.717) is 6.54 Å². The number of rotatable bonds is 7. The molecule has 1 rings (SSSR count). The Morgan fingerprint density at radius 2 is 2.33 bits per heavy atom. The Morgan fingerprint density at radius 3 is 2.87 bits per heavy atom. The highest BCUT2D eigenvalue weighted by atomic mass is 16.2. The van der Waals surface area contributed by atoms with E-state index in [1.165, 1.54) is 25.7 Å². The topological polar surface area (TPSA) is 41.1 Å². The molecule has 0 saturated heterocycles. The van der Waals surface area contributed by atoms with Crippen molar-refractivity contribution in [3.63, 3.8) is 0 Å². The maximum atomic E-state index is 11.4. The van der Waals surface area contributed by atoms with Crippen LogP contribution in [0.4, 0.5) is 0 Å². The van der Waals surface area contributed by atoms with Gasteiger partial charge in [-0.1, -0.05) is 25.3 Å². The molecule has 1 unspecified atom stereocenters. The second-order valence-corrected chi connectivity index (χ2v) is 4.30. The Morgan fingerprint density at radius 1 is 1.60 bits per heavy atom. The summed E-state index contributed by atoms with van der Waals surface area (Å²) in [6.07, 6.45) is 7.04. The van der Waals surface area contributed by atoms with Crippen molar-refractivity contribution in [3.8, 4) is 0 Å². The molecule has 0 aromatic rings. The van der Waals surface area contributed by atoms with E-state index in [2.05, 4.69) is 17.2 Å². The molecule has 0 aromatic carbocycles. The zero-order valence-corrected chi connectivity index (χ0v) is 9.59. The van der Waals surface area contributed by atoms with Crippen molar-refractivity contribution in [2.45, 2.75) is 38.6 Å². The molecule has 1 aliphatic rings. The average molecular weight is 210 g/mol. The molecule has 0 spiro atoms. The number of nitrogens with one attached hydrogen (secondary N) is 2. The first kappa shape index (κ1) is 12.2. The fraction of sp³-hybridized carbons (Fsp3) is 0.750. The summed E-state index contributed by atoms with van der Waals surface area (Å²) in [6.45, 7) is 6.96. The molecule has 0 radical (unpaired) electrons. The van der Waals surface area contributed by atoms with Crippen LogP contribution in [0.15, 0.2) is 12.7 Å². The van der Waals surface area contributed by atoms with Crippen LogP contribution in [0.1, 0.15) is 32.6 Å². The minimum Gasteiger partial charge on any atom is -0.351 e. The van der Waals surface area contributed by atoms with Gasteiger partial charge in [-0.3, -0.25) is 4.79 Å². The van der Waals surface area contributed by atoms with Crippen molar-refractivity contribution >= 4 is 5.91 Å². The van der Waals surface area contributed by atoms with Gasteiger partial charge < -0.3 is 10.6 Å². The average Bonchev–Trinajstić information content (AvgIpc) is 2.17. The number of hydrogen-bond donors (Lipinski definition) is 2. The lowest BCUT2D eigenvalue weighted by molar-refractivity contribution is -0.122. The summed E-state index contributed by atoms with van der Waals surface area (Å²) in [7, 11) is 0. The van der Waals surface area contributed by atoms with E-state index in [1.54, 1.807) is 6.08 Å². The summed E-state index contributed by atoms with van der Waals surface area (Å²) >= 11 is 0. The molecule has 3 nitrogen and oxygen atoms in total. The van der Waals surface area contributed by atoms with Gasteiger partial charge in [-0.05, 0) is 25.8 Å². The van der Waals surface area contributed by atoms with Crippen molar-refractivity contribution in [1.82, 2.24) is 10.6 Å². The summed E-state index contributed by atoms with van der Waals surface area (Å²) in [5.74, 6) is 0.962. The van der Waals surface area contributed by atoms with Gasteiger partial charge in [0.05, 0.1) is 6.04 Å². The number of hydrogen-bond acceptors (Lipinski definition) is 2. The first-order chi connectivity index (χ1) is 7.24. The molecule has 2 N–H and O–H groups in total. The van der Waals surface area contributed by atoms with Gasteiger partial charge in [-0.2, -0.15) is 0 Å². The van der Waals surface area contributed by atoms with Crippen LogP contribution in [-0.4, -0.2) is 25.0 Å². The van der Waals surface area contributed by atoms with Gasteiger partial charge in [0.25, 0.3) is 0 Å². The zero-order chi connectivity index (χ0) is 11.1. The normalized spacial score (nSPS) is 17.9. The number of amides is 1. The van der Waals surface area contributed by atoms with E-state index < -0.39 is 0 Å². The van der Waals surface area contributed by atoms with Crippen LogP contribution in [0.2, 0.25) is 0 Å². The molecule has 15 heavy (non-hydrogen) atoms. The second-order valence-electron chi connectivity index (χ2n) is 4.30. The lowest BCUT2D eigenvalue weighted by atomic mass is 9.83. The van der Waals surface area contributed by atoms with Gasteiger partial charge in [-0.15, -0.1) is 6.58 Å². The van der Waals surface area contributed by atoms with E-state index in [0.717, 1.165) is 12.5 Å². The van der Waals surface area contributed by atoms with Crippen molar-refractivity contribution in [2.75, 3.05) is 13.1 Å². The van der Waals surface area contributed by atoms with Crippen LogP contribution in [0, 0.1) is 5.92 Å². The first-order valence-electron chi connectivity index (χ1n) is 5.86. The molecule has 1 saturated carbocycles. The van der Waals surface area contributed by atoms with Crippen LogP contribution in [0.3, 0.4) is 0 Å². The monoisotopic (exact) mass is 210 g/mol. The van der Waals surface area contributed by atoms with Gasteiger partial charge >= 0.3 is 0 Å². The van der Waals surface area contributed by atoms with Gasteiger partial charge in [-0.25, -0.2) is 0 Å². The third-order valence-electron chi connectivity index (χ3n) is 3.04. The van der Waals surface area contributed by atoms with Crippen LogP contribution in [0.25, 0.3) is 0 Å². The maximum Gasteiger partial charge on any atom is 0.237 e. The van der Waals surface area contributed by atoms with Gasteiger partial charge in [0.2, 0.25) is 5.91 Å². The maximum absolute atomic E-state index is 11.4. The Bertz CT molecular complexity index is 212. The molecule has 3 heteroatoms. The van der Waals surface area contributed by atoms with Gasteiger partial charge in [0.1, 0.15) is 0 Å². The molecular formula is C12H22N2O. The van der Waals surface area contributed by atoms with E-state index >= 15 is 0 Å². The van der Waals surface area contributed by atoms with Crippen molar-refractivity contribution in [1.29, 1.82) is 0 Å². The van der Waals surface area contributed by atoms with Crippen molar-refractivity contribution in [2.24, 2.45) is 5.92 Å². The smallest absolute Gasteiger partial charge is 0.237 e. The predicted molar refractivity (Wildman–Crippen MR) is 62.6 cm³/mol. The summed E-state index contributed by atoms with van der Waals surface area (Å²) in [5.41, 5.74) is 0. The largest absolute Gasteiger partial charge is 0.351 e. The summed E-state index contributed by atoms with van der Waals surface area (Å²) in [5, 5.41) is 6.02. The molecule has 86 valence electrons. The molecule has 0 aliphatic heterocycles. The standard InChI is InChI=1S/C12H22N2O/c1-3-8-14-12(15)10(2)13-9-7-11-5-4-6-11/h3,10-11,13H,1,4-9H2,2H3,(H,14,15). The molecule has 0 bridgehead atoms. The van der Waals surface area contributed by atoms with Crippen LogP contribution in [-0.2, 0) is 4.79 Å². The van der Waals surface area contributed by atoms with Gasteiger partial charge in [0.15, 0.2) is 0 Å². The third-order valence-corrected chi connectivity index (χ3v) is 3.04. The summed E-state index contributed by atoms with van der Waals surface area (Å²) in [4.78, 5) is 11.4. The fourth-order valence-electron chi connectivity index (χ4n) is 1.70. The Balaban J connectivity index is 2.02. The Hall–Kier alpha value is -0.830. The number of carbonyl (C=O) groups is 1. The molecule has 1 aliphatic carbocycles. The van der Waals surface area contributed by atoms with Crippen molar-refractivity contribution in [3.05, 3.63) is 12.7 Å². The summed E-state index contributed by atoms with van der Waals surface area (Å²) in [6, 6.07) is -0.0926. The highest BCUT2D eigenvalue weighted by Crippen LogP contribution is 2.28. The molecule has 1 atom stereocenters. The van der Waals surface area contributed by atoms with Crippen LogP contribution in [0.5, 0.6) is 0 Å². The molecule has 1 fully saturated rings. The Labute approximate surface area is 92.3 Å². The van der Waals surface area contributed by atoms with Crippen molar-refractivity contribution < 1.29 is 4.79 Å². The lowest BCUT2D eigenvalue weighted by Crippen LogP contribution is -2.42. The third kappa shape index (κ3) is 4.47. The number of carbonyl (C=O) groups excluding carboxylic acids is 1. The Kier molecular flexibility index (Phi) is 5.40. The van der Waals surface area contributed by atoms with Crippen LogP contribution < -0.4 is 10.6 Å². The molecule has 1 amide bonds. The second kappa shape index (κ2) is 6.62. The SMILES string of the molecule is C=CCNC(=O)C(C)NCCC1CCC1. The van der Waals surface area contributed by atoms with Crippen LogP contribution >= 0.6 is 0 Å². The minimum atomic E-state index is -0.0926. The zero-order valence-electron chi connectivity index (χ0n) is 9.59. The molecule has 0 heterocycles. The highest BCUT2D eigenvalue weighted by Gasteiger charge is 2.17. The quantitative estimate of drug-likeness (QED) is 0.625. The van der Waals surface area contributed by atoms with E-state index in [-0.39, 0.29) is 11.9 Å². The highest BCUT2D eigenvalue weighted by molar-refractivity contribution is 5.81. The first-order valence-corrected chi connectivity index (χ1v) is 5.86. The lowest BCUT2D eigenvalue weighted by Gasteiger charge is -2.25. The van der Waals surface area contributed by atoms with E-state index in [1.807, 2.05) is 6.92 Å². The van der Waals surface area contributed by atoms with E-state index in [9.17, 15) is 4.79 Å². The van der Waals surface area contributed by atoms with E-state index in [4.69, 9.17) is 0 Å². The predicted octanol–water partition coefficient (Wildman–Crippen LogP) is 1.46. The molecular weight excluding hydrogens is 188 g/mol. The molecule has 0 aromatic heterocycles. The summed E-state index contributed by atoms with van der Waals surface area (Å²) < 4.78 is 0.